The van der Waals surface area contributed by atoms with Crippen molar-refractivity contribution in [2.24, 2.45) is 5.92 Å². The molecule has 0 spiro atoms. The summed E-state index contributed by atoms with van der Waals surface area (Å²) in [5.74, 6) is 0.881. The lowest BCUT2D eigenvalue weighted by Gasteiger charge is -2.36. The molecule has 0 aliphatic carbocycles. The molecule has 1 atom stereocenters. The minimum atomic E-state index is -0.120. The van der Waals surface area contributed by atoms with Crippen LogP contribution in [0.3, 0.4) is 0 Å². The molecule has 2 aromatic carbocycles. The Bertz CT molecular complexity index is 672. The van der Waals surface area contributed by atoms with Crippen LogP contribution in [0.2, 0.25) is 0 Å². The maximum atomic E-state index is 13.1. The number of carbonyl (C=O) groups is 1. The van der Waals surface area contributed by atoms with Gasteiger partial charge in [-0.15, -0.1) is 0 Å². The van der Waals surface area contributed by atoms with E-state index in [9.17, 15) is 4.79 Å². The normalized spacial score (nSPS) is 16.8. The molecule has 0 bridgehead atoms. The Morgan fingerprint density at radius 2 is 1.54 bits per heavy atom. The van der Waals surface area contributed by atoms with Crippen molar-refractivity contribution in [1.82, 2.24) is 15.5 Å². The predicted octanol–water partition coefficient (Wildman–Crippen LogP) is 3.60. The Labute approximate surface area is 169 Å². The number of likely N-dealkylation sites (tertiary alicyclic amines) is 1. The Balaban J connectivity index is 1.64. The van der Waals surface area contributed by atoms with Crippen molar-refractivity contribution in [3.63, 3.8) is 0 Å². The number of benzene rings is 2. The molecule has 1 unspecified atom stereocenters. The smallest absolute Gasteiger partial charge is 0.237 e. The maximum Gasteiger partial charge on any atom is 0.237 e. The molecule has 1 amide bonds. The van der Waals surface area contributed by atoms with Gasteiger partial charge in [0.2, 0.25) is 5.91 Å². The molecule has 2 N–H and O–H groups in total. The number of carbonyl (C=O) groups excluding carboxylic acids is 1. The average molecular weight is 380 g/mol. The molecule has 4 nitrogen and oxygen atoms in total. The molecule has 3 rings (SSSR count). The van der Waals surface area contributed by atoms with Crippen molar-refractivity contribution < 1.29 is 4.79 Å². The van der Waals surface area contributed by atoms with Gasteiger partial charge in [0.1, 0.15) is 0 Å². The second kappa shape index (κ2) is 10.4. The highest BCUT2D eigenvalue weighted by molar-refractivity contribution is 5.82. The first-order chi connectivity index (χ1) is 13.7. The Hall–Kier alpha value is -2.17. The van der Waals surface area contributed by atoms with Crippen LogP contribution in [-0.4, -0.2) is 43.5 Å². The standard InChI is InChI=1S/C24H33N3O/c1-19(27-17-14-20(15-18-27)13-16-25-2)24(28)26-23(21-9-5-3-6-10-21)22-11-7-4-8-12-22/h3-12,19-20,23,25H,13-18H2,1-2H3,(H,26,28). The molecule has 1 aliphatic rings. The van der Waals surface area contributed by atoms with E-state index >= 15 is 0 Å². The zero-order valence-corrected chi connectivity index (χ0v) is 17.1. The van der Waals surface area contributed by atoms with Crippen LogP contribution in [0.25, 0.3) is 0 Å². The number of rotatable bonds is 8. The van der Waals surface area contributed by atoms with Crippen LogP contribution in [0.15, 0.2) is 60.7 Å². The van der Waals surface area contributed by atoms with Crippen LogP contribution in [0.1, 0.15) is 43.4 Å². The molecule has 2 aromatic rings. The second-order valence-corrected chi connectivity index (χ2v) is 7.81. The SMILES string of the molecule is CNCCC1CCN(C(C)C(=O)NC(c2ccccc2)c2ccccc2)CC1. The third-order valence-corrected chi connectivity index (χ3v) is 5.93. The highest BCUT2D eigenvalue weighted by Crippen LogP contribution is 2.24. The molecule has 4 heteroatoms. The summed E-state index contributed by atoms with van der Waals surface area (Å²) in [6.45, 7) is 5.13. The van der Waals surface area contributed by atoms with E-state index in [0.29, 0.717) is 0 Å². The fourth-order valence-electron chi connectivity index (χ4n) is 4.06. The van der Waals surface area contributed by atoms with E-state index in [0.717, 1.165) is 36.7 Å². The molecule has 0 aromatic heterocycles. The molecule has 1 fully saturated rings. The molecule has 1 saturated heterocycles. The van der Waals surface area contributed by atoms with E-state index in [1.54, 1.807) is 0 Å². The zero-order chi connectivity index (χ0) is 19.8. The summed E-state index contributed by atoms with van der Waals surface area (Å²) in [5.41, 5.74) is 2.22. The molecule has 28 heavy (non-hydrogen) atoms. The minimum Gasteiger partial charge on any atom is -0.344 e. The molecular formula is C24H33N3O. The van der Waals surface area contributed by atoms with Gasteiger partial charge >= 0.3 is 0 Å². The van der Waals surface area contributed by atoms with Crippen molar-refractivity contribution in [1.29, 1.82) is 0 Å². The number of nitrogens with one attached hydrogen (secondary N) is 2. The van der Waals surface area contributed by atoms with Crippen LogP contribution >= 0.6 is 0 Å². The van der Waals surface area contributed by atoms with E-state index in [1.807, 2.05) is 50.4 Å². The number of piperidine rings is 1. The summed E-state index contributed by atoms with van der Waals surface area (Å²) in [5, 5.41) is 6.54. The molecule has 150 valence electrons. The topological polar surface area (TPSA) is 44.4 Å². The Morgan fingerprint density at radius 1 is 1.00 bits per heavy atom. The summed E-state index contributed by atoms with van der Waals surface area (Å²) in [6.07, 6.45) is 3.59. The lowest BCUT2D eigenvalue weighted by molar-refractivity contribution is -0.127. The van der Waals surface area contributed by atoms with E-state index in [-0.39, 0.29) is 18.0 Å². The van der Waals surface area contributed by atoms with Crippen molar-refractivity contribution in [3.8, 4) is 0 Å². The van der Waals surface area contributed by atoms with Crippen LogP contribution in [0, 0.1) is 5.92 Å². The molecule has 1 aliphatic heterocycles. The summed E-state index contributed by atoms with van der Waals surface area (Å²) in [4.78, 5) is 15.4. The highest BCUT2D eigenvalue weighted by atomic mass is 16.2. The van der Waals surface area contributed by atoms with Gasteiger partial charge < -0.3 is 10.6 Å². The minimum absolute atomic E-state index is 0.103. The van der Waals surface area contributed by atoms with Crippen LogP contribution in [-0.2, 0) is 4.79 Å². The van der Waals surface area contributed by atoms with Gasteiger partial charge in [0, 0.05) is 0 Å². The maximum absolute atomic E-state index is 13.1. The number of hydrogen-bond acceptors (Lipinski definition) is 3. The first-order valence-electron chi connectivity index (χ1n) is 10.5. The van der Waals surface area contributed by atoms with Crippen LogP contribution < -0.4 is 10.6 Å². The molecule has 1 heterocycles. The van der Waals surface area contributed by atoms with Gasteiger partial charge in [-0.25, -0.2) is 0 Å². The van der Waals surface area contributed by atoms with E-state index in [1.165, 1.54) is 19.3 Å². The fourth-order valence-corrected chi connectivity index (χ4v) is 4.06. The van der Waals surface area contributed by atoms with Gasteiger partial charge in [-0.05, 0) is 69.9 Å². The number of nitrogens with zero attached hydrogens (tertiary/aromatic N) is 1. The zero-order valence-electron chi connectivity index (χ0n) is 17.1. The van der Waals surface area contributed by atoms with Crippen LogP contribution in [0.4, 0.5) is 0 Å². The molecular weight excluding hydrogens is 346 g/mol. The largest absolute Gasteiger partial charge is 0.344 e. The first-order valence-corrected chi connectivity index (χ1v) is 10.5. The molecule has 0 radical (unpaired) electrons. The predicted molar refractivity (Wildman–Crippen MR) is 115 cm³/mol. The number of amides is 1. The lowest BCUT2D eigenvalue weighted by atomic mass is 9.92. The Morgan fingerprint density at radius 3 is 2.04 bits per heavy atom. The van der Waals surface area contributed by atoms with Crippen molar-refractivity contribution in [2.75, 3.05) is 26.7 Å². The van der Waals surface area contributed by atoms with Crippen molar-refractivity contribution in [2.45, 2.75) is 38.3 Å². The molecule has 0 saturated carbocycles. The lowest BCUT2D eigenvalue weighted by Crippen LogP contribution is -2.49. The second-order valence-electron chi connectivity index (χ2n) is 7.81. The highest BCUT2D eigenvalue weighted by Gasteiger charge is 2.28. The van der Waals surface area contributed by atoms with Gasteiger partial charge in [0.15, 0.2) is 0 Å². The van der Waals surface area contributed by atoms with Gasteiger partial charge in [-0.3, -0.25) is 9.69 Å². The first kappa shape index (κ1) is 20.6. The third kappa shape index (κ3) is 5.43. The van der Waals surface area contributed by atoms with Gasteiger partial charge in [0.05, 0.1) is 12.1 Å². The summed E-state index contributed by atoms with van der Waals surface area (Å²) in [6, 6.07) is 20.2. The van der Waals surface area contributed by atoms with Crippen molar-refractivity contribution in [3.05, 3.63) is 71.8 Å². The average Bonchev–Trinajstić information content (AvgIpc) is 2.77. The summed E-state index contributed by atoms with van der Waals surface area (Å²) < 4.78 is 0. The quantitative estimate of drug-likeness (QED) is 0.737. The van der Waals surface area contributed by atoms with E-state index < -0.39 is 0 Å². The summed E-state index contributed by atoms with van der Waals surface area (Å²) in [7, 11) is 2.01. The van der Waals surface area contributed by atoms with Crippen LogP contribution in [0.5, 0.6) is 0 Å². The van der Waals surface area contributed by atoms with Gasteiger partial charge in [-0.1, -0.05) is 60.7 Å². The van der Waals surface area contributed by atoms with Gasteiger partial charge in [0.25, 0.3) is 0 Å². The third-order valence-electron chi connectivity index (χ3n) is 5.93. The van der Waals surface area contributed by atoms with E-state index in [4.69, 9.17) is 0 Å². The number of hydrogen-bond donors (Lipinski definition) is 2. The van der Waals surface area contributed by atoms with Gasteiger partial charge in [-0.2, -0.15) is 0 Å². The van der Waals surface area contributed by atoms with E-state index in [2.05, 4.69) is 39.8 Å². The summed E-state index contributed by atoms with van der Waals surface area (Å²) >= 11 is 0. The Kier molecular flexibility index (Phi) is 7.63. The van der Waals surface area contributed by atoms with Crippen molar-refractivity contribution >= 4 is 5.91 Å². The fraction of sp³-hybridized carbons (Fsp3) is 0.458. The monoisotopic (exact) mass is 379 g/mol.